The van der Waals surface area contributed by atoms with Crippen molar-refractivity contribution in [3.05, 3.63) is 86.6 Å². The lowest BCUT2D eigenvalue weighted by Gasteiger charge is -2.10. The van der Waals surface area contributed by atoms with Crippen molar-refractivity contribution in [1.29, 1.82) is 5.26 Å². The average molecular weight is 455 g/mol. The van der Waals surface area contributed by atoms with Crippen LogP contribution in [0.1, 0.15) is 17.0 Å². The number of hydrogen-bond acceptors (Lipinski definition) is 2. The van der Waals surface area contributed by atoms with E-state index in [9.17, 15) is 10.1 Å². The van der Waals surface area contributed by atoms with Crippen molar-refractivity contribution in [2.75, 3.05) is 5.32 Å². The summed E-state index contributed by atoms with van der Waals surface area (Å²) in [7, 11) is 0. The third-order valence-corrected chi connectivity index (χ3v) is 5.25. The Balaban J connectivity index is 1.95. The maximum absolute atomic E-state index is 12.6. The van der Waals surface area contributed by atoms with Gasteiger partial charge < -0.3 is 9.88 Å². The quantitative estimate of drug-likeness (QED) is 0.385. The summed E-state index contributed by atoms with van der Waals surface area (Å²) in [5.74, 6) is -0.457. The Bertz CT molecular complexity index is 1130. The number of rotatable bonds is 4. The Morgan fingerprint density at radius 3 is 2.61 bits per heavy atom. The molecule has 6 heteroatoms. The highest BCUT2D eigenvalue weighted by Crippen LogP contribution is 2.25. The number of benzene rings is 2. The second kappa shape index (κ2) is 8.47. The minimum atomic E-state index is -0.457. The van der Waals surface area contributed by atoms with E-state index in [1.54, 1.807) is 12.1 Å². The number of carbonyl (C=O) groups excluding carboxylic acids is 1. The van der Waals surface area contributed by atoms with Crippen LogP contribution in [0.25, 0.3) is 11.8 Å². The molecule has 0 saturated carbocycles. The first kappa shape index (κ1) is 19.9. The highest BCUT2D eigenvalue weighted by molar-refractivity contribution is 9.10. The van der Waals surface area contributed by atoms with Crippen molar-refractivity contribution in [2.45, 2.75) is 13.8 Å². The third kappa shape index (κ3) is 4.19. The number of amides is 1. The number of carbonyl (C=O) groups is 1. The molecule has 0 aliphatic rings. The fourth-order valence-electron chi connectivity index (χ4n) is 3.00. The first-order valence-corrected chi connectivity index (χ1v) is 9.70. The first-order valence-electron chi connectivity index (χ1n) is 8.53. The normalized spacial score (nSPS) is 11.2. The maximum Gasteiger partial charge on any atom is 0.266 e. The number of halogens is 2. The molecular weight excluding hydrogens is 438 g/mol. The zero-order valence-electron chi connectivity index (χ0n) is 15.3. The molecule has 2 aromatic carbocycles. The Morgan fingerprint density at radius 1 is 1.18 bits per heavy atom. The molecule has 28 heavy (non-hydrogen) atoms. The van der Waals surface area contributed by atoms with Crippen molar-refractivity contribution in [3.63, 3.8) is 0 Å². The highest BCUT2D eigenvalue weighted by atomic mass is 79.9. The van der Waals surface area contributed by atoms with Crippen molar-refractivity contribution >= 4 is 45.2 Å². The summed E-state index contributed by atoms with van der Waals surface area (Å²) in [5.41, 5.74) is 4.27. The number of nitrogens with one attached hydrogen (secondary N) is 1. The van der Waals surface area contributed by atoms with Crippen LogP contribution in [0.15, 0.2) is 64.6 Å². The minimum Gasteiger partial charge on any atom is -0.320 e. The number of para-hydroxylation sites is 1. The Hall–Kier alpha value is -2.81. The molecule has 0 unspecified atom stereocenters. The summed E-state index contributed by atoms with van der Waals surface area (Å²) >= 11 is 9.51. The van der Waals surface area contributed by atoms with Gasteiger partial charge in [-0.15, -0.1) is 0 Å². The molecule has 0 aliphatic carbocycles. The molecule has 0 spiro atoms. The number of nitriles is 1. The molecule has 1 amide bonds. The zero-order chi connectivity index (χ0) is 20.3. The molecule has 3 aromatic rings. The van der Waals surface area contributed by atoms with E-state index in [2.05, 4.69) is 21.2 Å². The van der Waals surface area contributed by atoms with Gasteiger partial charge in [-0.05, 0) is 77.8 Å². The summed E-state index contributed by atoms with van der Waals surface area (Å²) in [6, 6.07) is 18.7. The van der Waals surface area contributed by atoms with Crippen LogP contribution in [0.2, 0.25) is 5.02 Å². The van der Waals surface area contributed by atoms with Gasteiger partial charge in [-0.2, -0.15) is 5.26 Å². The summed E-state index contributed by atoms with van der Waals surface area (Å²) in [6.07, 6.45) is 1.61. The molecule has 140 valence electrons. The van der Waals surface area contributed by atoms with E-state index in [1.165, 1.54) is 0 Å². The molecule has 0 radical (unpaired) electrons. The van der Waals surface area contributed by atoms with Gasteiger partial charge in [0.25, 0.3) is 5.91 Å². The van der Waals surface area contributed by atoms with Crippen molar-refractivity contribution in [2.24, 2.45) is 0 Å². The summed E-state index contributed by atoms with van der Waals surface area (Å²) in [5, 5.41) is 12.9. The molecule has 4 nitrogen and oxygen atoms in total. The zero-order valence-corrected chi connectivity index (χ0v) is 17.7. The van der Waals surface area contributed by atoms with Gasteiger partial charge in [0, 0.05) is 26.6 Å². The minimum absolute atomic E-state index is 0.0297. The van der Waals surface area contributed by atoms with E-state index in [4.69, 9.17) is 11.6 Å². The Kier molecular flexibility index (Phi) is 6.03. The van der Waals surface area contributed by atoms with E-state index < -0.39 is 5.91 Å². The van der Waals surface area contributed by atoms with Crippen LogP contribution < -0.4 is 5.32 Å². The molecular formula is C22H17BrClN3O. The van der Waals surface area contributed by atoms with Gasteiger partial charge in [-0.3, -0.25) is 4.79 Å². The van der Waals surface area contributed by atoms with Crippen LogP contribution >= 0.6 is 27.5 Å². The number of nitrogens with zero attached hydrogens (tertiary/aromatic N) is 2. The predicted molar refractivity (Wildman–Crippen MR) is 117 cm³/mol. The summed E-state index contributed by atoms with van der Waals surface area (Å²) in [4.78, 5) is 12.6. The van der Waals surface area contributed by atoms with Crippen LogP contribution in [-0.4, -0.2) is 10.5 Å². The van der Waals surface area contributed by atoms with Gasteiger partial charge >= 0.3 is 0 Å². The fourth-order valence-corrected chi connectivity index (χ4v) is 3.57. The second-order valence-corrected chi connectivity index (χ2v) is 7.54. The van der Waals surface area contributed by atoms with Gasteiger partial charge in [0.15, 0.2) is 0 Å². The lowest BCUT2D eigenvalue weighted by Crippen LogP contribution is -2.13. The number of hydrogen-bond donors (Lipinski definition) is 1. The molecule has 0 saturated heterocycles. The Labute approximate surface area is 177 Å². The van der Waals surface area contributed by atoms with Gasteiger partial charge in [0.2, 0.25) is 0 Å². The first-order chi connectivity index (χ1) is 13.4. The van der Waals surface area contributed by atoms with Gasteiger partial charge in [-0.1, -0.05) is 29.8 Å². The van der Waals surface area contributed by atoms with Crippen molar-refractivity contribution in [3.8, 4) is 11.8 Å². The largest absolute Gasteiger partial charge is 0.320 e. The van der Waals surface area contributed by atoms with E-state index in [0.29, 0.717) is 10.7 Å². The standard InChI is InChI=1S/C22H17BrClN3O/c1-14-10-16(15(2)27(14)19-7-5-6-18(24)12-19)11-17(13-25)22(28)26-21-9-4-3-8-20(21)23/h3-12H,1-2H3,(H,26,28)/b17-11-. The molecule has 0 fully saturated rings. The fraction of sp³-hybridized carbons (Fsp3) is 0.0909. The van der Waals surface area contributed by atoms with E-state index in [-0.39, 0.29) is 5.57 Å². The lowest BCUT2D eigenvalue weighted by atomic mass is 10.1. The Morgan fingerprint density at radius 2 is 1.93 bits per heavy atom. The molecule has 3 rings (SSSR count). The molecule has 1 aromatic heterocycles. The van der Waals surface area contributed by atoms with Crippen LogP contribution in [-0.2, 0) is 4.79 Å². The number of anilines is 1. The monoisotopic (exact) mass is 453 g/mol. The van der Waals surface area contributed by atoms with Crippen molar-refractivity contribution in [1.82, 2.24) is 4.57 Å². The lowest BCUT2D eigenvalue weighted by molar-refractivity contribution is -0.112. The van der Waals surface area contributed by atoms with Crippen LogP contribution in [0.3, 0.4) is 0 Å². The smallest absolute Gasteiger partial charge is 0.266 e. The van der Waals surface area contributed by atoms with Gasteiger partial charge in [0.05, 0.1) is 5.69 Å². The number of aromatic nitrogens is 1. The molecule has 1 N–H and O–H groups in total. The summed E-state index contributed by atoms with van der Waals surface area (Å²) < 4.78 is 2.79. The SMILES string of the molecule is Cc1cc(/C=C(/C#N)C(=O)Nc2ccccc2Br)c(C)n1-c1cccc(Cl)c1. The van der Waals surface area contributed by atoms with Crippen molar-refractivity contribution < 1.29 is 4.79 Å². The highest BCUT2D eigenvalue weighted by Gasteiger charge is 2.15. The maximum atomic E-state index is 12.6. The van der Waals surface area contributed by atoms with Crippen LogP contribution in [0.5, 0.6) is 0 Å². The molecule has 0 atom stereocenters. The molecule has 0 bridgehead atoms. The van der Waals surface area contributed by atoms with Crippen LogP contribution in [0.4, 0.5) is 5.69 Å². The van der Waals surface area contributed by atoms with E-state index in [1.807, 2.05) is 73.0 Å². The van der Waals surface area contributed by atoms with Gasteiger partial charge in [0.1, 0.15) is 11.6 Å². The second-order valence-electron chi connectivity index (χ2n) is 6.25. The van der Waals surface area contributed by atoms with E-state index in [0.717, 1.165) is 27.1 Å². The van der Waals surface area contributed by atoms with Crippen LogP contribution in [0, 0.1) is 25.2 Å². The predicted octanol–water partition coefficient (Wildman–Crippen LogP) is 6.06. The third-order valence-electron chi connectivity index (χ3n) is 4.32. The van der Waals surface area contributed by atoms with E-state index >= 15 is 0 Å². The summed E-state index contributed by atoms with van der Waals surface area (Å²) in [6.45, 7) is 3.92. The molecule has 1 heterocycles. The topological polar surface area (TPSA) is 57.8 Å². The molecule has 0 aliphatic heterocycles. The van der Waals surface area contributed by atoms with Gasteiger partial charge in [-0.25, -0.2) is 0 Å². The number of aryl methyl sites for hydroxylation is 1. The average Bonchev–Trinajstić information content (AvgIpc) is 2.94.